The molecule has 1 aromatic carbocycles. The first kappa shape index (κ1) is 15.7. The van der Waals surface area contributed by atoms with Crippen LogP contribution in [0.5, 0.6) is 0 Å². The summed E-state index contributed by atoms with van der Waals surface area (Å²) < 4.78 is 25.5. The Balaban J connectivity index is 1.89. The first-order chi connectivity index (χ1) is 10.9. The maximum absolute atomic E-state index is 12.1. The van der Waals surface area contributed by atoms with E-state index in [0.29, 0.717) is 17.0 Å². The van der Waals surface area contributed by atoms with E-state index in [-0.39, 0.29) is 11.7 Å². The molecule has 23 heavy (non-hydrogen) atoms. The molecule has 0 aliphatic carbocycles. The number of carbonyl (C=O) groups excluding carboxylic acids is 1. The van der Waals surface area contributed by atoms with Gasteiger partial charge in [-0.05, 0) is 30.5 Å². The molecule has 0 saturated heterocycles. The first-order valence-corrected chi connectivity index (χ1v) is 9.35. The molecule has 1 aliphatic heterocycles. The molecule has 0 unspecified atom stereocenters. The lowest BCUT2D eigenvalue weighted by molar-refractivity contribution is 0.0954. The Morgan fingerprint density at radius 1 is 1.35 bits per heavy atom. The number of sulfonamides is 1. The van der Waals surface area contributed by atoms with E-state index in [1.54, 1.807) is 29.6 Å². The Morgan fingerprint density at radius 3 is 2.87 bits per heavy atom. The molecule has 0 bridgehead atoms. The van der Waals surface area contributed by atoms with Crippen LogP contribution >= 0.6 is 11.3 Å². The van der Waals surface area contributed by atoms with Crippen LogP contribution in [-0.2, 0) is 10.0 Å². The minimum absolute atomic E-state index is 0.231. The normalized spacial score (nSPS) is 17.8. The van der Waals surface area contributed by atoms with Gasteiger partial charge in [-0.1, -0.05) is 17.7 Å². The van der Waals surface area contributed by atoms with Gasteiger partial charge in [0, 0.05) is 12.6 Å². The minimum atomic E-state index is -3.46. The van der Waals surface area contributed by atoms with Gasteiger partial charge in [0.05, 0.1) is 16.3 Å². The van der Waals surface area contributed by atoms with Crippen LogP contribution in [0.3, 0.4) is 0 Å². The zero-order valence-corrected chi connectivity index (χ0v) is 14.2. The molecule has 1 N–H and O–H groups in total. The van der Waals surface area contributed by atoms with E-state index in [2.05, 4.69) is 10.5 Å². The number of anilines is 1. The number of thiophene rings is 1. The molecule has 0 spiro atoms. The second-order valence-corrected chi connectivity index (χ2v) is 8.14. The molecule has 2 heterocycles. The van der Waals surface area contributed by atoms with Crippen LogP contribution < -0.4 is 9.73 Å². The van der Waals surface area contributed by atoms with Crippen molar-refractivity contribution >= 4 is 38.7 Å². The molecule has 0 fully saturated rings. The molecular formula is C15H15N3O3S2. The number of hydrogen-bond donors (Lipinski definition) is 1. The van der Waals surface area contributed by atoms with E-state index in [9.17, 15) is 13.2 Å². The Hall–Kier alpha value is -2.19. The van der Waals surface area contributed by atoms with Crippen molar-refractivity contribution in [2.75, 3.05) is 17.1 Å². The minimum Gasteiger partial charge on any atom is -0.271 e. The Morgan fingerprint density at radius 2 is 2.13 bits per heavy atom. The van der Waals surface area contributed by atoms with Crippen LogP contribution in [0.4, 0.5) is 5.69 Å². The number of hydrogen-bond acceptors (Lipinski definition) is 5. The lowest BCUT2D eigenvalue weighted by Gasteiger charge is -2.25. The zero-order valence-electron chi connectivity index (χ0n) is 12.6. The predicted octanol–water partition coefficient (Wildman–Crippen LogP) is 1.97. The number of hydrazone groups is 1. The summed E-state index contributed by atoms with van der Waals surface area (Å²) in [6.07, 6.45) is 0. The lowest BCUT2D eigenvalue weighted by atomic mass is 10.1. The van der Waals surface area contributed by atoms with Crippen molar-refractivity contribution in [2.45, 2.75) is 6.92 Å². The van der Waals surface area contributed by atoms with Crippen molar-refractivity contribution in [1.29, 1.82) is 0 Å². The molecule has 0 saturated carbocycles. The fourth-order valence-electron chi connectivity index (χ4n) is 2.30. The number of nitrogens with one attached hydrogen (secondary N) is 1. The van der Waals surface area contributed by atoms with Crippen molar-refractivity contribution in [3.63, 3.8) is 0 Å². The quantitative estimate of drug-likeness (QED) is 0.842. The summed E-state index contributed by atoms with van der Waals surface area (Å²) in [5.41, 5.74) is 4.84. The van der Waals surface area contributed by atoms with Crippen molar-refractivity contribution < 1.29 is 13.2 Å². The van der Waals surface area contributed by atoms with Crippen LogP contribution in [0.2, 0.25) is 0 Å². The average Bonchev–Trinajstić information content (AvgIpc) is 2.99. The highest BCUT2D eigenvalue weighted by atomic mass is 32.2. The summed E-state index contributed by atoms with van der Waals surface area (Å²) >= 11 is 1.40. The average molecular weight is 349 g/mol. The highest BCUT2D eigenvalue weighted by molar-refractivity contribution is 7.93. The van der Waals surface area contributed by atoms with Gasteiger partial charge in [-0.25, -0.2) is 13.8 Å². The topological polar surface area (TPSA) is 78.8 Å². The molecule has 1 aliphatic rings. The van der Waals surface area contributed by atoms with Gasteiger partial charge >= 0.3 is 0 Å². The summed E-state index contributed by atoms with van der Waals surface area (Å²) in [6.45, 7) is 1.89. The number of carbonyl (C=O) groups is 1. The van der Waals surface area contributed by atoms with Gasteiger partial charge in [-0.3, -0.25) is 9.10 Å². The summed E-state index contributed by atoms with van der Waals surface area (Å²) in [7, 11) is -1.94. The fourth-order valence-corrected chi connectivity index (χ4v) is 4.57. The van der Waals surface area contributed by atoms with Crippen LogP contribution in [0.25, 0.3) is 0 Å². The summed E-state index contributed by atoms with van der Waals surface area (Å²) in [5.74, 6) is -0.596. The maximum atomic E-state index is 12.1. The van der Waals surface area contributed by atoms with E-state index in [1.807, 2.05) is 13.0 Å². The largest absolute Gasteiger partial charge is 0.271 e. The number of fused-ring (bicyclic) bond motifs is 1. The molecule has 8 heteroatoms. The number of rotatable bonds is 2. The third-order valence-corrected chi connectivity index (χ3v) is 6.18. The predicted molar refractivity (Wildman–Crippen MR) is 91.7 cm³/mol. The van der Waals surface area contributed by atoms with Crippen molar-refractivity contribution in [1.82, 2.24) is 5.43 Å². The van der Waals surface area contributed by atoms with Crippen molar-refractivity contribution in [3.05, 3.63) is 51.7 Å². The number of amides is 1. The highest BCUT2D eigenvalue weighted by Gasteiger charge is 2.32. The third-order valence-electron chi connectivity index (χ3n) is 3.55. The Bertz CT molecular complexity index is 900. The monoisotopic (exact) mass is 349 g/mol. The van der Waals surface area contributed by atoms with Gasteiger partial charge in [-0.2, -0.15) is 5.10 Å². The van der Waals surface area contributed by atoms with E-state index >= 15 is 0 Å². The highest BCUT2D eigenvalue weighted by Crippen LogP contribution is 2.32. The molecule has 120 valence electrons. The Labute approximate surface area is 138 Å². The van der Waals surface area contributed by atoms with Gasteiger partial charge in [0.2, 0.25) is 10.0 Å². The summed E-state index contributed by atoms with van der Waals surface area (Å²) in [6, 6.07) is 8.84. The second-order valence-electron chi connectivity index (χ2n) is 5.23. The summed E-state index contributed by atoms with van der Waals surface area (Å²) in [5, 5.41) is 5.86. The fraction of sp³-hybridized carbons (Fsp3) is 0.200. The SMILES string of the molecule is Cc1cccc(C(=O)N/N=C2/CS(=O)(=O)N(C)c3ccsc32)c1. The van der Waals surface area contributed by atoms with E-state index in [0.717, 1.165) is 10.4 Å². The van der Waals surface area contributed by atoms with E-state index < -0.39 is 10.0 Å². The molecular weight excluding hydrogens is 334 g/mol. The smallest absolute Gasteiger partial charge is 0.271 e. The number of aryl methyl sites for hydroxylation is 1. The molecule has 1 amide bonds. The number of nitrogens with zero attached hydrogens (tertiary/aromatic N) is 2. The van der Waals surface area contributed by atoms with Crippen LogP contribution in [-0.4, -0.2) is 32.8 Å². The van der Waals surface area contributed by atoms with E-state index in [4.69, 9.17) is 0 Å². The molecule has 0 atom stereocenters. The first-order valence-electron chi connectivity index (χ1n) is 6.86. The molecule has 1 aromatic heterocycles. The number of benzene rings is 1. The van der Waals surface area contributed by atoms with Crippen molar-refractivity contribution in [3.8, 4) is 0 Å². The molecule has 0 radical (unpaired) electrons. The molecule has 6 nitrogen and oxygen atoms in total. The molecule has 3 rings (SSSR count). The second kappa shape index (κ2) is 5.78. The van der Waals surface area contributed by atoms with Gasteiger partial charge in [0.25, 0.3) is 5.91 Å². The van der Waals surface area contributed by atoms with Crippen LogP contribution in [0.15, 0.2) is 40.8 Å². The maximum Gasteiger partial charge on any atom is 0.271 e. The van der Waals surface area contributed by atoms with Crippen molar-refractivity contribution in [2.24, 2.45) is 5.10 Å². The van der Waals surface area contributed by atoms with E-state index in [1.165, 1.54) is 22.7 Å². The van der Waals surface area contributed by atoms with Gasteiger partial charge in [0.15, 0.2) is 0 Å². The summed E-state index contributed by atoms with van der Waals surface area (Å²) in [4.78, 5) is 12.9. The van der Waals surface area contributed by atoms with Gasteiger partial charge < -0.3 is 0 Å². The van der Waals surface area contributed by atoms with Crippen LogP contribution in [0, 0.1) is 6.92 Å². The van der Waals surface area contributed by atoms with Gasteiger partial charge in [0.1, 0.15) is 5.75 Å². The third kappa shape index (κ3) is 2.99. The zero-order chi connectivity index (χ0) is 16.6. The molecule has 2 aromatic rings. The van der Waals surface area contributed by atoms with Gasteiger partial charge in [-0.15, -0.1) is 11.3 Å². The standard InChI is InChI=1S/C15H15N3O3S2/c1-10-4-3-5-11(8-10)15(19)17-16-12-9-23(20,21)18(2)13-6-7-22-14(12)13/h3-8H,9H2,1-2H3,(H,17,19)/b16-12-. The lowest BCUT2D eigenvalue weighted by Crippen LogP contribution is -2.38. The Kier molecular flexibility index (Phi) is 3.95. The van der Waals surface area contributed by atoms with Crippen LogP contribution in [0.1, 0.15) is 20.8 Å².